The van der Waals surface area contributed by atoms with Crippen LogP contribution in [0.1, 0.15) is 0 Å². The van der Waals surface area contributed by atoms with Gasteiger partial charge < -0.3 is 5.32 Å². The molecule has 1 atom stereocenters. The van der Waals surface area contributed by atoms with E-state index in [1.807, 2.05) is 11.3 Å². The standard InChI is InChI=1S/C32H19N3S/c1-2-8-18(9-3-1)19-14-23-21-16-22-20-10-4-7-13-28(20)36-29(22)17-27(21)35-31(23)24(15-19)30-32(35)34-26-12-6-5-11-25(26)33-30/h1-17,25,33H. The fourth-order valence-corrected chi connectivity index (χ4v) is 7.21. The van der Waals surface area contributed by atoms with Crippen LogP contribution in [0.5, 0.6) is 0 Å². The number of fused-ring (bicyclic) bond motifs is 10. The second kappa shape index (κ2) is 6.62. The van der Waals surface area contributed by atoms with E-state index in [1.165, 1.54) is 58.5 Å². The molecule has 1 aliphatic heterocycles. The van der Waals surface area contributed by atoms with Gasteiger partial charge >= 0.3 is 0 Å². The molecule has 3 aromatic heterocycles. The third kappa shape index (κ3) is 2.34. The minimum atomic E-state index is 0.106. The minimum Gasteiger partial charge on any atom is -0.370 e. The molecular weight excluding hydrogens is 458 g/mol. The van der Waals surface area contributed by atoms with E-state index in [0.29, 0.717) is 0 Å². The summed E-state index contributed by atoms with van der Waals surface area (Å²) in [5.41, 5.74) is 7.12. The van der Waals surface area contributed by atoms with Gasteiger partial charge in [0.1, 0.15) is 0 Å². The molecule has 0 fully saturated rings. The number of thiophene rings is 1. The van der Waals surface area contributed by atoms with Gasteiger partial charge in [-0.15, -0.1) is 11.3 Å². The summed E-state index contributed by atoms with van der Waals surface area (Å²) in [6.45, 7) is 0. The van der Waals surface area contributed by atoms with Gasteiger partial charge in [-0.3, -0.25) is 4.40 Å². The van der Waals surface area contributed by atoms with Crippen LogP contribution in [0.25, 0.3) is 58.5 Å². The summed E-state index contributed by atoms with van der Waals surface area (Å²) in [7, 11) is 0. The van der Waals surface area contributed by atoms with Gasteiger partial charge in [0.2, 0.25) is 0 Å². The van der Waals surface area contributed by atoms with Crippen molar-refractivity contribution in [2.75, 3.05) is 5.32 Å². The summed E-state index contributed by atoms with van der Waals surface area (Å²) < 4.78 is 5.03. The lowest BCUT2D eigenvalue weighted by atomic mass is 9.98. The van der Waals surface area contributed by atoms with E-state index in [4.69, 9.17) is 4.99 Å². The van der Waals surface area contributed by atoms with Crippen LogP contribution in [0, 0.1) is 0 Å². The number of anilines is 1. The summed E-state index contributed by atoms with van der Waals surface area (Å²) in [5.74, 6) is 1.00. The summed E-state index contributed by atoms with van der Waals surface area (Å²) in [5, 5.41) is 10.3. The Bertz CT molecular complexity index is 2120. The van der Waals surface area contributed by atoms with E-state index < -0.39 is 0 Å². The number of nitrogens with one attached hydrogen (secondary N) is 1. The van der Waals surface area contributed by atoms with Gasteiger partial charge in [0.05, 0.1) is 28.5 Å². The molecule has 1 unspecified atom stereocenters. The summed E-state index contributed by atoms with van der Waals surface area (Å²) >= 11 is 1.87. The molecule has 7 aromatic rings. The lowest BCUT2D eigenvalue weighted by Gasteiger charge is -2.23. The maximum Gasteiger partial charge on any atom is 0.162 e. The van der Waals surface area contributed by atoms with E-state index in [1.54, 1.807) is 0 Å². The van der Waals surface area contributed by atoms with Gasteiger partial charge in [0.25, 0.3) is 0 Å². The van der Waals surface area contributed by atoms with Crippen LogP contribution in [0.4, 0.5) is 11.5 Å². The van der Waals surface area contributed by atoms with Crippen LogP contribution in [-0.2, 0) is 0 Å². The van der Waals surface area contributed by atoms with Crippen molar-refractivity contribution in [3.05, 3.63) is 103 Å². The van der Waals surface area contributed by atoms with Gasteiger partial charge in [0.15, 0.2) is 5.82 Å². The Morgan fingerprint density at radius 2 is 1.58 bits per heavy atom. The van der Waals surface area contributed by atoms with Crippen molar-refractivity contribution in [1.29, 1.82) is 0 Å². The maximum absolute atomic E-state index is 5.22. The van der Waals surface area contributed by atoms with Crippen molar-refractivity contribution in [2.24, 2.45) is 4.99 Å². The first-order chi connectivity index (χ1) is 17.8. The lowest BCUT2D eigenvalue weighted by Crippen LogP contribution is -2.29. The molecule has 9 rings (SSSR count). The minimum absolute atomic E-state index is 0.106. The zero-order chi connectivity index (χ0) is 23.4. The average Bonchev–Trinajstić information content (AvgIpc) is 3.56. The van der Waals surface area contributed by atoms with Crippen LogP contribution in [0.2, 0.25) is 0 Å². The molecule has 4 heteroatoms. The van der Waals surface area contributed by atoms with Crippen molar-refractivity contribution in [2.45, 2.75) is 6.04 Å². The quantitative estimate of drug-likeness (QED) is 0.252. The Morgan fingerprint density at radius 1 is 0.722 bits per heavy atom. The van der Waals surface area contributed by atoms with Gasteiger partial charge in [0, 0.05) is 36.3 Å². The highest BCUT2D eigenvalue weighted by Gasteiger charge is 2.29. The molecule has 36 heavy (non-hydrogen) atoms. The molecule has 0 amide bonds. The molecule has 0 saturated heterocycles. The van der Waals surface area contributed by atoms with E-state index >= 15 is 0 Å². The first kappa shape index (κ1) is 18.9. The molecule has 4 heterocycles. The number of rotatable bonds is 1. The molecule has 0 spiro atoms. The van der Waals surface area contributed by atoms with E-state index in [2.05, 4.69) is 113 Å². The molecule has 168 valence electrons. The smallest absolute Gasteiger partial charge is 0.162 e. The van der Waals surface area contributed by atoms with Gasteiger partial charge in [-0.1, -0.05) is 66.8 Å². The molecular formula is C32H19N3S. The summed E-state index contributed by atoms with van der Waals surface area (Å²) in [6.07, 6.45) is 8.48. The highest BCUT2D eigenvalue weighted by molar-refractivity contribution is 7.25. The topological polar surface area (TPSA) is 28.8 Å². The number of allylic oxidation sites excluding steroid dienone is 2. The molecule has 1 aliphatic carbocycles. The van der Waals surface area contributed by atoms with Crippen LogP contribution in [0.15, 0.2) is 108 Å². The highest BCUT2D eigenvalue weighted by atomic mass is 32.1. The molecule has 0 bridgehead atoms. The molecule has 2 aliphatic rings. The number of aliphatic imine (C=N–C) groups is 1. The first-order valence-corrected chi connectivity index (χ1v) is 13.1. The van der Waals surface area contributed by atoms with Crippen molar-refractivity contribution in [3.63, 3.8) is 0 Å². The Hall–Kier alpha value is -4.41. The van der Waals surface area contributed by atoms with E-state index in [-0.39, 0.29) is 6.04 Å². The van der Waals surface area contributed by atoms with Crippen molar-refractivity contribution >= 4 is 75.9 Å². The molecule has 3 nitrogen and oxygen atoms in total. The van der Waals surface area contributed by atoms with Gasteiger partial charge in [-0.2, -0.15) is 0 Å². The SMILES string of the molecule is C1=CC2=Nc3c(c4cc(-c5ccccc5)cc5c6cc7c(cc6n3c45)sc3ccccc37)NC2C=C1. The molecule has 0 radical (unpaired) electrons. The van der Waals surface area contributed by atoms with Crippen molar-refractivity contribution in [1.82, 2.24) is 4.40 Å². The first-order valence-electron chi connectivity index (χ1n) is 12.3. The number of nitrogens with zero attached hydrogens (tertiary/aromatic N) is 2. The van der Waals surface area contributed by atoms with E-state index in [0.717, 1.165) is 17.2 Å². The van der Waals surface area contributed by atoms with Gasteiger partial charge in [-0.05, 0) is 47.5 Å². The lowest BCUT2D eigenvalue weighted by molar-refractivity contribution is 1.11. The third-order valence-corrected chi connectivity index (χ3v) is 8.84. The highest BCUT2D eigenvalue weighted by Crippen LogP contribution is 2.49. The Balaban J connectivity index is 1.48. The van der Waals surface area contributed by atoms with Crippen LogP contribution in [-0.4, -0.2) is 16.2 Å². The fourth-order valence-electron chi connectivity index (χ4n) is 6.09. The second-order valence-electron chi connectivity index (χ2n) is 9.69. The predicted octanol–water partition coefficient (Wildman–Crippen LogP) is 8.71. The summed E-state index contributed by atoms with van der Waals surface area (Å²) in [4.78, 5) is 5.22. The van der Waals surface area contributed by atoms with E-state index in [9.17, 15) is 0 Å². The number of aromatic nitrogens is 1. The van der Waals surface area contributed by atoms with Crippen molar-refractivity contribution in [3.8, 4) is 11.1 Å². The number of hydrogen-bond acceptors (Lipinski definition) is 3. The third-order valence-electron chi connectivity index (χ3n) is 7.71. The zero-order valence-electron chi connectivity index (χ0n) is 19.2. The van der Waals surface area contributed by atoms with Crippen LogP contribution >= 0.6 is 11.3 Å². The molecule has 1 N–H and O–H groups in total. The second-order valence-corrected chi connectivity index (χ2v) is 10.8. The van der Waals surface area contributed by atoms with Crippen molar-refractivity contribution < 1.29 is 0 Å². The molecule has 0 saturated carbocycles. The number of hydrogen-bond donors (Lipinski definition) is 1. The monoisotopic (exact) mass is 477 g/mol. The predicted molar refractivity (Wildman–Crippen MR) is 155 cm³/mol. The fraction of sp³-hybridized carbons (Fsp3) is 0.0312. The Labute approximate surface area is 210 Å². The Morgan fingerprint density at radius 3 is 2.53 bits per heavy atom. The normalized spacial score (nSPS) is 16.8. The average molecular weight is 478 g/mol. The van der Waals surface area contributed by atoms with Crippen LogP contribution < -0.4 is 5.32 Å². The van der Waals surface area contributed by atoms with Gasteiger partial charge in [-0.25, -0.2) is 4.99 Å². The number of benzene rings is 4. The molecule has 4 aromatic carbocycles. The van der Waals surface area contributed by atoms with Crippen LogP contribution in [0.3, 0.4) is 0 Å². The zero-order valence-corrected chi connectivity index (χ0v) is 20.0. The Kier molecular flexibility index (Phi) is 3.47. The largest absolute Gasteiger partial charge is 0.370 e. The summed E-state index contributed by atoms with van der Waals surface area (Å²) in [6, 6.07) is 29.0. The maximum atomic E-state index is 5.22.